The van der Waals surface area contributed by atoms with Gasteiger partial charge in [0.25, 0.3) is 0 Å². The molecule has 1 rings (SSSR count). The highest BCUT2D eigenvalue weighted by Crippen LogP contribution is 2.30. The molecule has 0 bridgehead atoms. The Morgan fingerprint density at radius 3 is 2.29 bits per heavy atom. The van der Waals surface area contributed by atoms with Crippen molar-refractivity contribution in [2.24, 2.45) is 0 Å². The summed E-state index contributed by atoms with van der Waals surface area (Å²) in [5, 5.41) is 17.9. The Balaban J connectivity index is 2.26. The van der Waals surface area contributed by atoms with Crippen molar-refractivity contribution in [1.29, 1.82) is 0 Å². The smallest absolute Gasteiger partial charge is 0.175 e. The Bertz CT molecular complexity index is 323. The highest BCUT2D eigenvalue weighted by molar-refractivity contribution is 8.03. The van der Waals surface area contributed by atoms with Gasteiger partial charge in [0.2, 0.25) is 0 Å². The molecule has 98 valence electrons. The minimum atomic E-state index is -0.587. The highest BCUT2D eigenvalue weighted by Gasteiger charge is 2.13. The predicted molar refractivity (Wildman–Crippen MR) is 77.2 cm³/mol. The summed E-state index contributed by atoms with van der Waals surface area (Å²) in [6.45, 7) is 5.86. The van der Waals surface area contributed by atoms with Crippen LogP contribution in [-0.4, -0.2) is 32.4 Å². The molecule has 0 aliphatic heterocycles. The quantitative estimate of drug-likeness (QED) is 0.585. The van der Waals surface area contributed by atoms with Crippen LogP contribution in [0, 0.1) is 0 Å². The number of unbranched alkanes of at least 4 members (excludes halogenated alkanes) is 1. The van der Waals surface area contributed by atoms with Crippen molar-refractivity contribution >= 4 is 34.9 Å². The van der Waals surface area contributed by atoms with Crippen molar-refractivity contribution < 1.29 is 5.11 Å². The molecule has 0 aromatic carbocycles. The largest absolute Gasteiger partial charge is 0.390 e. The number of thioether (sulfide) groups is 2. The van der Waals surface area contributed by atoms with Gasteiger partial charge in [0, 0.05) is 11.5 Å². The highest BCUT2D eigenvalue weighted by atomic mass is 32.2. The van der Waals surface area contributed by atoms with Crippen LogP contribution in [0.2, 0.25) is 0 Å². The summed E-state index contributed by atoms with van der Waals surface area (Å²) in [5.74, 6) is 2.01. The molecule has 0 saturated carbocycles. The van der Waals surface area contributed by atoms with Crippen LogP contribution in [0.15, 0.2) is 8.68 Å². The van der Waals surface area contributed by atoms with E-state index in [2.05, 4.69) is 17.1 Å². The van der Waals surface area contributed by atoms with Gasteiger partial charge >= 0.3 is 0 Å². The third-order valence-electron chi connectivity index (χ3n) is 2.05. The van der Waals surface area contributed by atoms with E-state index in [1.165, 1.54) is 12.8 Å². The first-order chi connectivity index (χ1) is 8.01. The maximum atomic E-state index is 9.59. The van der Waals surface area contributed by atoms with Crippen molar-refractivity contribution in [3.05, 3.63) is 0 Å². The van der Waals surface area contributed by atoms with Crippen LogP contribution in [0.25, 0.3) is 0 Å². The minimum Gasteiger partial charge on any atom is -0.390 e. The van der Waals surface area contributed by atoms with Gasteiger partial charge in [0.05, 0.1) is 5.60 Å². The van der Waals surface area contributed by atoms with E-state index < -0.39 is 5.60 Å². The van der Waals surface area contributed by atoms with Crippen molar-refractivity contribution in [3.63, 3.8) is 0 Å². The lowest BCUT2D eigenvalue weighted by molar-refractivity contribution is 0.0777. The molecule has 0 radical (unpaired) electrons. The topological polar surface area (TPSA) is 46.0 Å². The van der Waals surface area contributed by atoms with E-state index in [9.17, 15) is 5.11 Å². The molecule has 1 N–H and O–H groups in total. The lowest BCUT2D eigenvalue weighted by Gasteiger charge is -2.15. The van der Waals surface area contributed by atoms with Gasteiger partial charge in [-0.25, -0.2) is 0 Å². The lowest BCUT2D eigenvalue weighted by Crippen LogP contribution is -2.18. The molecule has 0 saturated heterocycles. The molecule has 0 amide bonds. The van der Waals surface area contributed by atoms with Crippen molar-refractivity contribution in [3.8, 4) is 0 Å². The van der Waals surface area contributed by atoms with Gasteiger partial charge in [0.15, 0.2) is 8.68 Å². The average molecular weight is 292 g/mol. The molecule has 0 fully saturated rings. The summed E-state index contributed by atoms with van der Waals surface area (Å²) in [4.78, 5) is 0. The fourth-order valence-electron chi connectivity index (χ4n) is 1.01. The van der Waals surface area contributed by atoms with Crippen molar-refractivity contribution in [1.82, 2.24) is 10.2 Å². The second-order valence-electron chi connectivity index (χ2n) is 4.45. The van der Waals surface area contributed by atoms with Gasteiger partial charge < -0.3 is 5.11 Å². The van der Waals surface area contributed by atoms with Crippen LogP contribution in [0.4, 0.5) is 0 Å². The Morgan fingerprint density at radius 1 is 1.18 bits per heavy atom. The molecular formula is C11H20N2OS3. The Kier molecular flexibility index (Phi) is 6.84. The van der Waals surface area contributed by atoms with Crippen molar-refractivity contribution in [2.45, 2.75) is 54.3 Å². The fraction of sp³-hybridized carbons (Fsp3) is 0.818. The second-order valence-corrected chi connectivity index (χ2v) is 8.11. The number of hydrogen-bond donors (Lipinski definition) is 1. The van der Waals surface area contributed by atoms with Crippen LogP contribution in [0.5, 0.6) is 0 Å². The van der Waals surface area contributed by atoms with E-state index in [0.717, 1.165) is 26.6 Å². The third kappa shape index (κ3) is 7.28. The van der Waals surface area contributed by atoms with E-state index >= 15 is 0 Å². The first kappa shape index (κ1) is 15.3. The molecule has 17 heavy (non-hydrogen) atoms. The van der Waals surface area contributed by atoms with Crippen LogP contribution < -0.4 is 0 Å². The van der Waals surface area contributed by atoms with Crippen LogP contribution >= 0.6 is 34.9 Å². The Morgan fingerprint density at radius 2 is 1.76 bits per heavy atom. The summed E-state index contributed by atoms with van der Waals surface area (Å²) >= 11 is 5.12. The summed E-state index contributed by atoms with van der Waals surface area (Å²) in [6, 6.07) is 0. The van der Waals surface area contributed by atoms with Gasteiger partial charge in [-0.2, -0.15) is 0 Å². The number of aromatic nitrogens is 2. The summed E-state index contributed by atoms with van der Waals surface area (Å²) in [6.07, 6.45) is 3.22. The molecular weight excluding hydrogens is 272 g/mol. The first-order valence-corrected chi connectivity index (χ1v) is 8.61. The Hall–Kier alpha value is 0.220. The molecule has 3 nitrogen and oxygen atoms in total. The van der Waals surface area contributed by atoms with E-state index in [1.54, 1.807) is 34.9 Å². The maximum Gasteiger partial charge on any atom is 0.175 e. The van der Waals surface area contributed by atoms with Crippen LogP contribution in [-0.2, 0) is 0 Å². The number of nitrogens with zero attached hydrogens (tertiary/aromatic N) is 2. The van der Waals surface area contributed by atoms with Gasteiger partial charge in [0.1, 0.15) is 0 Å². The normalized spacial score (nSPS) is 12.0. The SMILES string of the molecule is CCCCSc1nnc(SCCC(C)(C)O)s1. The second kappa shape index (κ2) is 7.61. The zero-order valence-electron chi connectivity index (χ0n) is 10.6. The number of rotatable bonds is 8. The van der Waals surface area contributed by atoms with Crippen molar-refractivity contribution in [2.75, 3.05) is 11.5 Å². The van der Waals surface area contributed by atoms with Gasteiger partial charge in [-0.3, -0.25) is 0 Å². The zero-order chi connectivity index (χ0) is 12.7. The standard InChI is InChI=1S/C11H20N2OS3/c1-4-5-7-15-9-12-13-10(17-9)16-8-6-11(2,3)14/h14H,4-8H2,1-3H3. The fourth-order valence-corrected chi connectivity index (χ4v) is 4.50. The molecule has 1 aromatic heterocycles. The monoisotopic (exact) mass is 292 g/mol. The minimum absolute atomic E-state index is 0.587. The lowest BCUT2D eigenvalue weighted by atomic mass is 10.1. The molecule has 0 aliphatic rings. The molecule has 0 atom stereocenters. The molecule has 1 heterocycles. The van der Waals surface area contributed by atoms with E-state index in [4.69, 9.17) is 0 Å². The number of aliphatic hydroxyl groups is 1. The van der Waals surface area contributed by atoms with E-state index in [-0.39, 0.29) is 0 Å². The molecule has 0 unspecified atom stereocenters. The number of hydrogen-bond acceptors (Lipinski definition) is 6. The molecule has 0 spiro atoms. The maximum absolute atomic E-state index is 9.59. The van der Waals surface area contributed by atoms with Gasteiger partial charge in [-0.15, -0.1) is 10.2 Å². The predicted octanol–water partition coefficient (Wildman–Crippen LogP) is 3.68. The zero-order valence-corrected chi connectivity index (χ0v) is 13.1. The Labute approximate surface area is 116 Å². The summed E-state index contributed by atoms with van der Waals surface area (Å²) in [7, 11) is 0. The summed E-state index contributed by atoms with van der Waals surface area (Å²) < 4.78 is 2.07. The van der Waals surface area contributed by atoms with Crippen LogP contribution in [0.1, 0.15) is 40.0 Å². The molecule has 0 aliphatic carbocycles. The van der Waals surface area contributed by atoms with Crippen LogP contribution in [0.3, 0.4) is 0 Å². The summed E-state index contributed by atoms with van der Waals surface area (Å²) in [5.41, 5.74) is -0.587. The third-order valence-corrected chi connectivity index (χ3v) is 5.33. The first-order valence-electron chi connectivity index (χ1n) is 5.83. The van der Waals surface area contributed by atoms with E-state index in [0.29, 0.717) is 0 Å². The average Bonchev–Trinajstić information content (AvgIpc) is 2.64. The van der Waals surface area contributed by atoms with Gasteiger partial charge in [-0.1, -0.05) is 48.2 Å². The molecule has 6 heteroatoms. The van der Waals surface area contributed by atoms with Gasteiger partial charge in [-0.05, 0) is 26.7 Å². The van der Waals surface area contributed by atoms with E-state index in [1.807, 2.05) is 13.8 Å². The molecule has 1 aromatic rings.